The van der Waals surface area contributed by atoms with Gasteiger partial charge in [0.1, 0.15) is 6.61 Å². The van der Waals surface area contributed by atoms with Crippen LogP contribution in [-0.2, 0) is 21.8 Å². The Kier molecular flexibility index (Phi) is 2.70. The molecule has 0 bridgehead atoms. The van der Waals surface area contributed by atoms with E-state index >= 15 is 0 Å². The Morgan fingerprint density at radius 3 is 2.38 bits per heavy atom. The normalized spacial score (nSPS) is 11.6. The predicted molar refractivity (Wildman–Crippen MR) is 45.4 cm³/mol. The lowest BCUT2D eigenvalue weighted by Crippen LogP contribution is -2.01. The van der Waals surface area contributed by atoms with Gasteiger partial charge >= 0.3 is 0 Å². The molecule has 0 aromatic heterocycles. The molecule has 71 valence electrons. The minimum Gasteiger partial charge on any atom is -0.282 e. The summed E-state index contributed by atoms with van der Waals surface area (Å²) >= 11 is 0. The second kappa shape index (κ2) is 3.45. The fourth-order valence-electron chi connectivity index (χ4n) is 1.09. The molecule has 5 heteroatoms. The Labute approximate surface area is 76.6 Å². The molecule has 0 aliphatic carbocycles. The molecule has 1 rings (SSSR count). The summed E-state index contributed by atoms with van der Waals surface area (Å²) in [5.74, 6) is 0. The highest BCUT2D eigenvalue weighted by molar-refractivity contribution is 7.85. The molecule has 1 radical (unpaired) electrons. The summed E-state index contributed by atoms with van der Waals surface area (Å²) < 4.78 is 30.2. The Balaban J connectivity index is 3.29. The van der Waals surface area contributed by atoms with Gasteiger partial charge in [-0.3, -0.25) is 4.55 Å². The minimum atomic E-state index is -4.16. The van der Waals surface area contributed by atoms with Crippen molar-refractivity contribution >= 4 is 10.1 Å². The number of aryl methyl sites for hydroxylation is 1. The minimum absolute atomic E-state index is 0.148. The van der Waals surface area contributed by atoms with Crippen molar-refractivity contribution in [1.82, 2.24) is 0 Å². The lowest BCUT2D eigenvalue weighted by molar-refractivity contribution is 0.177. The maximum Gasteiger partial charge on any atom is 0.294 e. The number of hydrogen-bond donors (Lipinski definition) is 1. The molecule has 0 saturated heterocycles. The second-order valence-electron chi connectivity index (χ2n) is 2.72. The number of rotatable bonds is 2. The highest BCUT2D eigenvalue weighted by Gasteiger charge is 2.12. The fraction of sp³-hybridized carbons (Fsp3) is 0.250. The van der Waals surface area contributed by atoms with Crippen LogP contribution in [-0.4, -0.2) is 13.0 Å². The van der Waals surface area contributed by atoms with Gasteiger partial charge in [0.25, 0.3) is 10.1 Å². The molecule has 4 nitrogen and oxygen atoms in total. The van der Waals surface area contributed by atoms with E-state index in [0.717, 1.165) is 0 Å². The van der Waals surface area contributed by atoms with Crippen LogP contribution in [0.1, 0.15) is 11.1 Å². The van der Waals surface area contributed by atoms with Crippen LogP contribution in [0.4, 0.5) is 0 Å². The predicted octanol–water partition coefficient (Wildman–Crippen LogP) is 1.17. The molecule has 13 heavy (non-hydrogen) atoms. The summed E-state index contributed by atoms with van der Waals surface area (Å²) in [7, 11) is -4.16. The van der Waals surface area contributed by atoms with Crippen LogP contribution in [0.2, 0.25) is 0 Å². The smallest absolute Gasteiger partial charge is 0.282 e. The molecule has 0 saturated carbocycles. The molecule has 1 N–H and O–H groups in total. The zero-order chi connectivity index (χ0) is 10.1. The first kappa shape index (κ1) is 10.2. The van der Waals surface area contributed by atoms with E-state index in [0.29, 0.717) is 11.1 Å². The second-order valence-corrected chi connectivity index (χ2v) is 4.11. The van der Waals surface area contributed by atoms with Crippen molar-refractivity contribution < 1.29 is 18.1 Å². The van der Waals surface area contributed by atoms with Crippen LogP contribution in [0.25, 0.3) is 0 Å². The first-order chi connectivity index (χ1) is 5.95. The van der Waals surface area contributed by atoms with Gasteiger partial charge in [0, 0.05) is 0 Å². The van der Waals surface area contributed by atoms with E-state index in [1.807, 2.05) is 0 Å². The summed E-state index contributed by atoms with van der Waals surface area (Å²) in [5.41, 5.74) is 0.890. The molecular weight excluding hydrogens is 192 g/mol. The molecule has 0 amide bonds. The lowest BCUT2D eigenvalue weighted by atomic mass is 10.1. The van der Waals surface area contributed by atoms with Crippen LogP contribution in [0, 0.1) is 6.92 Å². The number of hydrogen-bond acceptors (Lipinski definition) is 2. The maximum absolute atomic E-state index is 10.7. The summed E-state index contributed by atoms with van der Waals surface area (Å²) in [6.45, 7) is 1.13. The molecule has 0 heterocycles. The Morgan fingerprint density at radius 2 is 2.00 bits per heavy atom. The van der Waals surface area contributed by atoms with Gasteiger partial charge in [-0.15, -0.1) is 0 Å². The SMILES string of the molecule is Cc1cc(C[O])ccc1S(=O)(=O)O. The summed E-state index contributed by atoms with van der Waals surface area (Å²) in [6, 6.07) is 4.08. The molecule has 1 aromatic rings. The van der Waals surface area contributed by atoms with Gasteiger partial charge in [0.05, 0.1) is 4.90 Å². The van der Waals surface area contributed by atoms with Crippen molar-refractivity contribution in [3.05, 3.63) is 29.3 Å². The van der Waals surface area contributed by atoms with E-state index in [2.05, 4.69) is 0 Å². The number of benzene rings is 1. The van der Waals surface area contributed by atoms with E-state index in [1.54, 1.807) is 0 Å². The molecule has 0 aliphatic rings. The van der Waals surface area contributed by atoms with Gasteiger partial charge in [0.2, 0.25) is 0 Å². The van der Waals surface area contributed by atoms with Gasteiger partial charge in [-0.1, -0.05) is 12.1 Å². The standard InChI is InChI=1S/C8H9O4S/c1-6-4-7(5-9)2-3-8(6)13(10,11)12/h2-4H,5H2,1H3,(H,10,11,12). The Morgan fingerprint density at radius 1 is 1.38 bits per heavy atom. The molecule has 0 fully saturated rings. The monoisotopic (exact) mass is 201 g/mol. The van der Waals surface area contributed by atoms with Crippen LogP contribution in [0.5, 0.6) is 0 Å². The van der Waals surface area contributed by atoms with Crippen molar-refractivity contribution in [2.24, 2.45) is 0 Å². The van der Waals surface area contributed by atoms with Crippen molar-refractivity contribution in [3.63, 3.8) is 0 Å². The van der Waals surface area contributed by atoms with Crippen LogP contribution in [0.3, 0.4) is 0 Å². The molecular formula is C8H9O4S. The summed E-state index contributed by atoms with van der Waals surface area (Å²) in [4.78, 5) is -0.148. The van der Waals surface area contributed by atoms with Gasteiger partial charge in [0.15, 0.2) is 0 Å². The Bertz CT molecular complexity index is 408. The molecule has 0 unspecified atom stereocenters. The van der Waals surface area contributed by atoms with E-state index in [9.17, 15) is 13.5 Å². The topological polar surface area (TPSA) is 74.3 Å². The van der Waals surface area contributed by atoms with Gasteiger partial charge < -0.3 is 0 Å². The summed E-state index contributed by atoms with van der Waals surface area (Å²) in [5, 5.41) is 10.4. The Hall–Kier alpha value is -0.910. The first-order valence-electron chi connectivity index (χ1n) is 3.60. The molecule has 0 atom stereocenters. The molecule has 0 aliphatic heterocycles. The maximum atomic E-state index is 10.7. The largest absolute Gasteiger partial charge is 0.294 e. The highest BCUT2D eigenvalue weighted by atomic mass is 32.2. The third-order valence-electron chi connectivity index (χ3n) is 1.68. The van der Waals surface area contributed by atoms with E-state index in [-0.39, 0.29) is 4.90 Å². The van der Waals surface area contributed by atoms with Crippen LogP contribution in [0.15, 0.2) is 23.1 Å². The average molecular weight is 201 g/mol. The van der Waals surface area contributed by atoms with E-state index < -0.39 is 16.7 Å². The van der Waals surface area contributed by atoms with Crippen molar-refractivity contribution in [1.29, 1.82) is 0 Å². The van der Waals surface area contributed by atoms with Gasteiger partial charge in [-0.05, 0) is 24.1 Å². The van der Waals surface area contributed by atoms with Crippen molar-refractivity contribution in [2.75, 3.05) is 0 Å². The quantitative estimate of drug-likeness (QED) is 0.730. The highest BCUT2D eigenvalue weighted by Crippen LogP contribution is 2.16. The molecule has 1 aromatic carbocycles. The first-order valence-corrected chi connectivity index (χ1v) is 5.04. The average Bonchev–Trinajstić information content (AvgIpc) is 2.01. The summed E-state index contributed by atoms with van der Waals surface area (Å²) in [6.07, 6.45) is 0. The van der Waals surface area contributed by atoms with Crippen molar-refractivity contribution in [2.45, 2.75) is 18.4 Å². The molecule has 0 spiro atoms. The van der Waals surface area contributed by atoms with E-state index in [1.165, 1.54) is 25.1 Å². The van der Waals surface area contributed by atoms with E-state index in [4.69, 9.17) is 4.55 Å². The van der Waals surface area contributed by atoms with Crippen LogP contribution >= 0.6 is 0 Å². The lowest BCUT2D eigenvalue weighted by Gasteiger charge is -2.03. The third kappa shape index (κ3) is 2.27. The van der Waals surface area contributed by atoms with Crippen LogP contribution < -0.4 is 0 Å². The zero-order valence-corrected chi connectivity index (χ0v) is 7.84. The third-order valence-corrected chi connectivity index (χ3v) is 2.70. The van der Waals surface area contributed by atoms with Gasteiger partial charge in [-0.25, -0.2) is 5.11 Å². The zero-order valence-electron chi connectivity index (χ0n) is 7.02. The van der Waals surface area contributed by atoms with Gasteiger partial charge in [-0.2, -0.15) is 8.42 Å². The van der Waals surface area contributed by atoms with Crippen molar-refractivity contribution in [3.8, 4) is 0 Å². The fourth-order valence-corrected chi connectivity index (χ4v) is 1.80.